The highest BCUT2D eigenvalue weighted by atomic mass is 16.2. The van der Waals surface area contributed by atoms with Crippen molar-refractivity contribution in [1.82, 2.24) is 24.7 Å². The number of nitrogens with zero attached hydrogens (tertiary/aromatic N) is 4. The molecule has 1 unspecified atom stereocenters. The van der Waals surface area contributed by atoms with Crippen molar-refractivity contribution in [2.45, 2.75) is 24.9 Å². The van der Waals surface area contributed by atoms with Gasteiger partial charge in [-0.1, -0.05) is 0 Å². The van der Waals surface area contributed by atoms with Gasteiger partial charge in [-0.05, 0) is 24.6 Å². The Morgan fingerprint density at radius 3 is 2.41 bits per heavy atom. The number of fused-ring (bicyclic) bond motifs is 1. The van der Waals surface area contributed by atoms with Crippen molar-refractivity contribution < 1.29 is 9.59 Å². The van der Waals surface area contributed by atoms with Crippen molar-refractivity contribution in [2.24, 2.45) is 7.05 Å². The number of hydrogen-bond acceptors (Lipinski definition) is 6. The molecule has 5 rings (SSSR count). The fourth-order valence-electron chi connectivity index (χ4n) is 4.66. The number of nitrogens with one attached hydrogen (secondary N) is 2. The molecule has 1 aromatic heterocycles. The topological polar surface area (TPSA) is 91.6 Å². The highest BCUT2D eigenvalue weighted by Gasteiger charge is 2.32. The van der Waals surface area contributed by atoms with Crippen LogP contribution in [0.25, 0.3) is 11.0 Å². The Labute approximate surface area is 168 Å². The van der Waals surface area contributed by atoms with Crippen molar-refractivity contribution in [3.05, 3.63) is 28.7 Å². The molecule has 0 spiro atoms. The van der Waals surface area contributed by atoms with E-state index in [9.17, 15) is 14.4 Å². The summed E-state index contributed by atoms with van der Waals surface area (Å²) in [6.45, 7) is 6.18. The second kappa shape index (κ2) is 7.00. The van der Waals surface area contributed by atoms with Gasteiger partial charge >= 0.3 is 5.69 Å². The molecular formula is C20H26N6O3. The van der Waals surface area contributed by atoms with Crippen LogP contribution >= 0.6 is 0 Å². The molecule has 3 saturated heterocycles. The minimum absolute atomic E-state index is 0.228. The van der Waals surface area contributed by atoms with Gasteiger partial charge in [0.1, 0.15) is 6.04 Å². The van der Waals surface area contributed by atoms with E-state index in [1.54, 1.807) is 11.6 Å². The molecule has 3 aliphatic heterocycles. The van der Waals surface area contributed by atoms with Crippen LogP contribution in [0.3, 0.4) is 0 Å². The zero-order chi connectivity index (χ0) is 20.1. The van der Waals surface area contributed by atoms with Gasteiger partial charge in [-0.3, -0.25) is 28.9 Å². The Morgan fingerprint density at radius 2 is 1.76 bits per heavy atom. The quantitative estimate of drug-likeness (QED) is 0.672. The molecule has 2 aromatic rings. The Hall–Kier alpha value is -2.65. The summed E-state index contributed by atoms with van der Waals surface area (Å²) in [6, 6.07) is 6.03. The molecule has 1 atom stereocenters. The van der Waals surface area contributed by atoms with Crippen molar-refractivity contribution in [1.29, 1.82) is 0 Å². The molecular weight excluding hydrogens is 372 g/mol. The number of carbonyl (C=O) groups excluding carboxylic acids is 2. The number of aryl methyl sites for hydroxylation is 1. The fraction of sp³-hybridized carbons (Fsp3) is 0.550. The van der Waals surface area contributed by atoms with Crippen molar-refractivity contribution in [3.8, 4) is 0 Å². The molecule has 0 saturated carbocycles. The Balaban J connectivity index is 1.43. The number of hydrogen-bond donors (Lipinski definition) is 2. The highest BCUT2D eigenvalue weighted by Crippen LogP contribution is 2.27. The number of rotatable bonds is 3. The van der Waals surface area contributed by atoms with Crippen LogP contribution in [0.1, 0.15) is 18.9 Å². The summed E-state index contributed by atoms with van der Waals surface area (Å²) in [5, 5.41) is 5.68. The first-order valence-electron chi connectivity index (χ1n) is 10.3. The molecule has 4 heterocycles. The minimum atomic E-state index is -0.644. The van der Waals surface area contributed by atoms with E-state index in [4.69, 9.17) is 0 Å². The molecule has 1 aromatic carbocycles. The van der Waals surface area contributed by atoms with Gasteiger partial charge in [0.15, 0.2) is 0 Å². The van der Waals surface area contributed by atoms with Crippen molar-refractivity contribution >= 4 is 28.5 Å². The summed E-state index contributed by atoms with van der Waals surface area (Å²) in [5.41, 5.74) is 2.41. The standard InChI is InChI=1S/C20H26N6O3/c1-23-17-10-13(24-6-8-25(9-7-24)14-11-21-12-14)2-3-15(17)26(20(23)29)16-4-5-18(27)22-19(16)28/h2-3,10,14,16,21H,4-9,11-12H2,1H3,(H,22,27,28). The van der Waals surface area contributed by atoms with Crippen LogP contribution in [0.2, 0.25) is 0 Å². The first kappa shape index (κ1) is 18.4. The minimum Gasteiger partial charge on any atom is -0.369 e. The second-order valence-electron chi connectivity index (χ2n) is 8.19. The maximum Gasteiger partial charge on any atom is 0.329 e. The zero-order valence-corrected chi connectivity index (χ0v) is 16.6. The molecule has 0 radical (unpaired) electrons. The van der Waals surface area contributed by atoms with Crippen LogP contribution in [-0.4, -0.2) is 71.2 Å². The first-order chi connectivity index (χ1) is 14.0. The largest absolute Gasteiger partial charge is 0.369 e. The average Bonchev–Trinajstić information content (AvgIpc) is 2.92. The summed E-state index contributed by atoms with van der Waals surface area (Å²) in [6.07, 6.45) is 0.599. The van der Waals surface area contributed by atoms with Crippen LogP contribution in [0, 0.1) is 0 Å². The lowest BCUT2D eigenvalue weighted by Crippen LogP contribution is -2.61. The lowest BCUT2D eigenvalue weighted by atomic mass is 10.1. The van der Waals surface area contributed by atoms with Crippen LogP contribution in [0.4, 0.5) is 5.69 Å². The number of imidazole rings is 1. The van der Waals surface area contributed by atoms with E-state index in [1.165, 1.54) is 4.57 Å². The van der Waals surface area contributed by atoms with E-state index in [-0.39, 0.29) is 18.0 Å². The molecule has 29 heavy (non-hydrogen) atoms. The van der Waals surface area contributed by atoms with E-state index < -0.39 is 11.9 Å². The number of amides is 2. The summed E-state index contributed by atoms with van der Waals surface area (Å²) in [4.78, 5) is 41.6. The molecule has 0 aliphatic carbocycles. The molecule has 3 fully saturated rings. The van der Waals surface area contributed by atoms with Crippen LogP contribution in [0.15, 0.2) is 23.0 Å². The molecule has 3 aliphatic rings. The van der Waals surface area contributed by atoms with Gasteiger partial charge in [0.25, 0.3) is 0 Å². The molecule has 2 N–H and O–H groups in total. The molecule has 9 nitrogen and oxygen atoms in total. The van der Waals surface area contributed by atoms with Gasteiger partial charge in [-0.25, -0.2) is 4.79 Å². The Morgan fingerprint density at radius 1 is 1.00 bits per heavy atom. The third-order valence-corrected chi connectivity index (χ3v) is 6.55. The Bertz CT molecular complexity index is 1030. The third kappa shape index (κ3) is 3.05. The van der Waals surface area contributed by atoms with E-state index in [0.717, 1.165) is 56.0 Å². The van der Waals surface area contributed by atoms with Crippen LogP contribution < -0.4 is 21.2 Å². The predicted molar refractivity (Wildman–Crippen MR) is 109 cm³/mol. The van der Waals surface area contributed by atoms with Gasteiger partial charge in [0.2, 0.25) is 11.8 Å². The van der Waals surface area contributed by atoms with E-state index in [2.05, 4.69) is 20.4 Å². The summed E-state index contributed by atoms with van der Waals surface area (Å²) < 4.78 is 3.13. The number of anilines is 1. The number of benzene rings is 1. The smallest absolute Gasteiger partial charge is 0.329 e. The van der Waals surface area contributed by atoms with E-state index in [0.29, 0.717) is 12.5 Å². The highest BCUT2D eigenvalue weighted by molar-refractivity contribution is 6.00. The van der Waals surface area contributed by atoms with Crippen LogP contribution in [-0.2, 0) is 16.6 Å². The van der Waals surface area contributed by atoms with E-state index >= 15 is 0 Å². The third-order valence-electron chi connectivity index (χ3n) is 6.55. The van der Waals surface area contributed by atoms with Crippen LogP contribution in [0.5, 0.6) is 0 Å². The fourth-order valence-corrected chi connectivity index (χ4v) is 4.66. The van der Waals surface area contributed by atoms with Crippen molar-refractivity contribution in [2.75, 3.05) is 44.2 Å². The molecule has 154 valence electrons. The predicted octanol–water partition coefficient (Wildman–Crippen LogP) is -0.588. The van der Waals surface area contributed by atoms with Gasteiger partial charge in [0.05, 0.1) is 11.0 Å². The monoisotopic (exact) mass is 398 g/mol. The van der Waals surface area contributed by atoms with Gasteiger partial charge < -0.3 is 10.2 Å². The van der Waals surface area contributed by atoms with E-state index in [1.807, 2.05) is 18.2 Å². The number of carbonyl (C=O) groups is 2. The normalized spacial score (nSPS) is 24.0. The SMILES string of the molecule is Cn1c(=O)n(C2CCC(=O)NC2=O)c2ccc(N3CCN(C4CNC4)CC3)cc21. The zero-order valence-electron chi connectivity index (χ0n) is 16.6. The number of imide groups is 1. The lowest BCUT2D eigenvalue weighted by molar-refractivity contribution is -0.135. The van der Waals surface area contributed by atoms with Gasteiger partial charge in [0, 0.05) is 64.5 Å². The number of piperazine rings is 1. The molecule has 2 amide bonds. The molecule has 0 bridgehead atoms. The summed E-state index contributed by atoms with van der Waals surface area (Å²) >= 11 is 0. The Kier molecular flexibility index (Phi) is 4.44. The average molecular weight is 398 g/mol. The number of aromatic nitrogens is 2. The van der Waals surface area contributed by atoms with Gasteiger partial charge in [-0.2, -0.15) is 0 Å². The summed E-state index contributed by atoms with van der Waals surface area (Å²) in [7, 11) is 1.73. The summed E-state index contributed by atoms with van der Waals surface area (Å²) in [5.74, 6) is -0.680. The second-order valence-corrected chi connectivity index (χ2v) is 8.19. The first-order valence-corrected chi connectivity index (χ1v) is 10.3. The maximum atomic E-state index is 12.9. The number of piperidine rings is 1. The maximum absolute atomic E-state index is 12.9. The van der Waals surface area contributed by atoms with Crippen molar-refractivity contribution in [3.63, 3.8) is 0 Å². The van der Waals surface area contributed by atoms with Gasteiger partial charge in [-0.15, -0.1) is 0 Å². The molecule has 9 heteroatoms. The lowest BCUT2D eigenvalue weighted by Gasteiger charge is -2.43.